The number of hydrogen-bond donors (Lipinski definition) is 0. The first kappa shape index (κ1) is 20.1. The number of rotatable bonds is 6. The third-order valence-corrected chi connectivity index (χ3v) is 5.52. The lowest BCUT2D eigenvalue weighted by molar-refractivity contribution is -0.135. The van der Waals surface area contributed by atoms with Crippen molar-refractivity contribution < 1.29 is 28.6 Å². The van der Waals surface area contributed by atoms with Crippen LogP contribution in [-0.2, 0) is 9.59 Å². The first-order chi connectivity index (χ1) is 13.5. The fourth-order valence-corrected chi connectivity index (χ4v) is 4.01. The molecule has 2 heterocycles. The van der Waals surface area contributed by atoms with Crippen molar-refractivity contribution in [3.63, 3.8) is 0 Å². The minimum atomic E-state index is -0.476. The summed E-state index contributed by atoms with van der Waals surface area (Å²) >= 11 is 0.813. The molecule has 0 spiro atoms. The van der Waals surface area contributed by atoms with Crippen LogP contribution in [0.5, 0.6) is 17.2 Å². The molecule has 8 nitrogen and oxygen atoms in total. The summed E-state index contributed by atoms with van der Waals surface area (Å²) in [5.74, 6) is 0.643. The molecule has 2 saturated heterocycles. The predicted octanol–water partition coefficient (Wildman–Crippen LogP) is 2.37. The molecule has 3 amide bonds. The predicted molar refractivity (Wildman–Crippen MR) is 105 cm³/mol. The maximum absolute atomic E-state index is 12.7. The number of likely N-dealkylation sites (tertiary alicyclic amines) is 1. The van der Waals surface area contributed by atoms with Crippen LogP contribution in [0.1, 0.15) is 18.4 Å². The van der Waals surface area contributed by atoms with E-state index in [-0.39, 0.29) is 17.4 Å². The van der Waals surface area contributed by atoms with Crippen LogP contribution in [0.2, 0.25) is 0 Å². The first-order valence-corrected chi connectivity index (χ1v) is 9.63. The maximum atomic E-state index is 12.7. The Morgan fingerprint density at radius 3 is 2.21 bits per heavy atom. The molecule has 28 heavy (non-hydrogen) atoms. The van der Waals surface area contributed by atoms with Gasteiger partial charge in [0, 0.05) is 13.1 Å². The van der Waals surface area contributed by atoms with Crippen molar-refractivity contribution in [1.82, 2.24) is 9.80 Å². The van der Waals surface area contributed by atoms with Gasteiger partial charge in [-0.3, -0.25) is 19.3 Å². The van der Waals surface area contributed by atoms with Gasteiger partial charge in [-0.15, -0.1) is 0 Å². The molecule has 3 rings (SSSR count). The van der Waals surface area contributed by atoms with E-state index in [4.69, 9.17) is 14.2 Å². The number of carbonyl (C=O) groups is 3. The molecule has 0 aliphatic carbocycles. The Kier molecular flexibility index (Phi) is 6.13. The van der Waals surface area contributed by atoms with Crippen molar-refractivity contribution >= 4 is 34.9 Å². The summed E-state index contributed by atoms with van der Waals surface area (Å²) in [7, 11) is 4.50. The zero-order valence-corrected chi connectivity index (χ0v) is 16.8. The lowest BCUT2D eigenvalue weighted by Crippen LogP contribution is -2.40. The molecule has 0 bridgehead atoms. The lowest BCUT2D eigenvalue weighted by atomic mass is 10.1. The Morgan fingerprint density at radius 2 is 1.68 bits per heavy atom. The Morgan fingerprint density at radius 1 is 1.07 bits per heavy atom. The summed E-state index contributed by atoms with van der Waals surface area (Å²) in [4.78, 5) is 40.2. The van der Waals surface area contributed by atoms with Crippen LogP contribution in [-0.4, -0.2) is 67.8 Å². The molecule has 1 aromatic rings. The molecular formula is C19H22N2O6S. The fraction of sp³-hybridized carbons (Fsp3) is 0.421. The zero-order valence-electron chi connectivity index (χ0n) is 16.0. The third-order valence-electron chi connectivity index (χ3n) is 4.61. The van der Waals surface area contributed by atoms with Crippen LogP contribution in [0.4, 0.5) is 4.79 Å². The summed E-state index contributed by atoms with van der Waals surface area (Å²) in [6.07, 6.45) is 3.49. The van der Waals surface area contributed by atoms with Gasteiger partial charge in [-0.25, -0.2) is 0 Å². The first-order valence-electron chi connectivity index (χ1n) is 8.81. The Bertz CT molecular complexity index is 807. The van der Waals surface area contributed by atoms with E-state index < -0.39 is 11.1 Å². The van der Waals surface area contributed by atoms with E-state index in [9.17, 15) is 14.4 Å². The molecular weight excluding hydrogens is 384 g/mol. The number of amides is 3. The molecule has 0 aromatic heterocycles. The number of ether oxygens (including phenoxy) is 3. The smallest absolute Gasteiger partial charge is 0.294 e. The number of nitrogens with zero attached hydrogens (tertiary/aromatic N) is 2. The number of methoxy groups -OCH3 is 3. The molecule has 1 aromatic carbocycles. The highest BCUT2D eigenvalue weighted by Crippen LogP contribution is 2.40. The van der Waals surface area contributed by atoms with E-state index in [2.05, 4.69) is 0 Å². The average molecular weight is 406 g/mol. The number of benzene rings is 1. The Hall–Kier alpha value is -2.68. The monoisotopic (exact) mass is 406 g/mol. The number of imide groups is 1. The maximum Gasteiger partial charge on any atom is 0.294 e. The highest BCUT2D eigenvalue weighted by Gasteiger charge is 2.37. The van der Waals surface area contributed by atoms with Gasteiger partial charge in [-0.2, -0.15) is 0 Å². The molecule has 150 valence electrons. The zero-order chi connectivity index (χ0) is 20.3. The molecule has 0 N–H and O–H groups in total. The van der Waals surface area contributed by atoms with Crippen LogP contribution in [0.25, 0.3) is 6.08 Å². The van der Waals surface area contributed by atoms with Gasteiger partial charge in [-0.05, 0) is 48.4 Å². The Balaban J connectivity index is 1.82. The second-order valence-electron chi connectivity index (χ2n) is 6.31. The molecule has 0 unspecified atom stereocenters. The van der Waals surface area contributed by atoms with Gasteiger partial charge in [-0.1, -0.05) is 0 Å². The van der Waals surface area contributed by atoms with Gasteiger partial charge < -0.3 is 19.1 Å². The van der Waals surface area contributed by atoms with Crippen molar-refractivity contribution in [1.29, 1.82) is 0 Å². The fourth-order valence-electron chi connectivity index (χ4n) is 3.17. The normalized spacial score (nSPS) is 18.2. The lowest BCUT2D eigenvalue weighted by Gasteiger charge is -2.18. The van der Waals surface area contributed by atoms with Crippen LogP contribution in [0.15, 0.2) is 17.0 Å². The summed E-state index contributed by atoms with van der Waals surface area (Å²) in [6, 6.07) is 3.37. The molecule has 0 radical (unpaired) electrons. The van der Waals surface area contributed by atoms with E-state index in [1.807, 2.05) is 0 Å². The van der Waals surface area contributed by atoms with Crippen molar-refractivity contribution in [2.75, 3.05) is 41.0 Å². The van der Waals surface area contributed by atoms with Crippen molar-refractivity contribution in [2.45, 2.75) is 12.8 Å². The van der Waals surface area contributed by atoms with Crippen LogP contribution >= 0.6 is 11.8 Å². The number of hydrogen-bond acceptors (Lipinski definition) is 7. The second kappa shape index (κ2) is 8.55. The van der Waals surface area contributed by atoms with E-state index in [1.165, 1.54) is 21.3 Å². The number of carbonyl (C=O) groups excluding carboxylic acids is 3. The van der Waals surface area contributed by atoms with E-state index in [0.29, 0.717) is 35.9 Å². The van der Waals surface area contributed by atoms with Crippen molar-refractivity contribution in [3.05, 3.63) is 22.6 Å². The van der Waals surface area contributed by atoms with E-state index in [1.54, 1.807) is 23.1 Å². The molecule has 0 atom stereocenters. The molecule has 0 saturated carbocycles. The third kappa shape index (κ3) is 3.94. The van der Waals surface area contributed by atoms with Gasteiger partial charge in [0.05, 0.1) is 26.2 Å². The minimum Gasteiger partial charge on any atom is -0.493 e. The quantitative estimate of drug-likeness (QED) is 0.671. The summed E-state index contributed by atoms with van der Waals surface area (Å²) < 4.78 is 15.9. The summed E-state index contributed by atoms with van der Waals surface area (Å²) in [6.45, 7) is 1.13. The highest BCUT2D eigenvalue weighted by molar-refractivity contribution is 8.18. The van der Waals surface area contributed by atoms with Crippen LogP contribution in [0, 0.1) is 0 Å². The van der Waals surface area contributed by atoms with Crippen molar-refractivity contribution in [2.24, 2.45) is 0 Å². The highest BCUT2D eigenvalue weighted by atomic mass is 32.2. The Labute approximate surface area is 167 Å². The van der Waals surface area contributed by atoms with Gasteiger partial charge in [0.15, 0.2) is 11.5 Å². The van der Waals surface area contributed by atoms with Gasteiger partial charge in [0.1, 0.15) is 6.54 Å². The summed E-state index contributed by atoms with van der Waals surface area (Å²) in [5.41, 5.74) is 0.617. The molecule has 9 heteroatoms. The van der Waals surface area contributed by atoms with E-state index >= 15 is 0 Å². The SMILES string of the molecule is COc1cc(/C=C2/SC(=O)N(CC(=O)N3CCCC3)C2=O)cc(OC)c1OC. The van der Waals surface area contributed by atoms with Crippen molar-refractivity contribution in [3.8, 4) is 17.2 Å². The molecule has 2 fully saturated rings. The van der Waals surface area contributed by atoms with Crippen LogP contribution in [0.3, 0.4) is 0 Å². The summed E-state index contributed by atoms with van der Waals surface area (Å²) in [5, 5.41) is -0.448. The standard InChI is InChI=1S/C19H22N2O6S/c1-25-13-8-12(9-14(26-2)17(13)27-3)10-15-18(23)21(19(24)28-15)11-16(22)20-6-4-5-7-20/h8-10H,4-7,11H2,1-3H3/b15-10+. The molecule has 2 aliphatic heterocycles. The largest absolute Gasteiger partial charge is 0.493 e. The molecule has 2 aliphatic rings. The second-order valence-corrected chi connectivity index (χ2v) is 7.31. The van der Waals surface area contributed by atoms with Gasteiger partial charge in [0.25, 0.3) is 11.1 Å². The minimum absolute atomic E-state index is 0.200. The van der Waals surface area contributed by atoms with Gasteiger partial charge >= 0.3 is 0 Å². The number of thioether (sulfide) groups is 1. The average Bonchev–Trinajstić information content (AvgIpc) is 3.32. The van der Waals surface area contributed by atoms with E-state index in [0.717, 1.165) is 29.5 Å². The van der Waals surface area contributed by atoms with Crippen LogP contribution < -0.4 is 14.2 Å². The van der Waals surface area contributed by atoms with Gasteiger partial charge in [0.2, 0.25) is 11.7 Å². The topological polar surface area (TPSA) is 85.4 Å².